The zero-order valence-corrected chi connectivity index (χ0v) is 14.2. The molecule has 2 heterocycles. The number of hydrogen-bond donors (Lipinski definition) is 1. The third-order valence-electron chi connectivity index (χ3n) is 4.84. The predicted octanol–water partition coefficient (Wildman–Crippen LogP) is 3.42. The topological polar surface area (TPSA) is 28.2 Å². The molecule has 3 heteroatoms. The average Bonchev–Trinajstić information content (AvgIpc) is 2.51. The van der Waals surface area contributed by atoms with Crippen molar-refractivity contribution in [1.82, 2.24) is 15.2 Å². The number of likely N-dealkylation sites (N-methyl/N-ethyl adjacent to an activating group) is 1. The van der Waals surface area contributed by atoms with E-state index in [9.17, 15) is 0 Å². The maximum Gasteiger partial charge on any atom is 0.0708 e. The second kappa shape index (κ2) is 6.35. The van der Waals surface area contributed by atoms with Gasteiger partial charge in [0.25, 0.3) is 0 Å². The van der Waals surface area contributed by atoms with Gasteiger partial charge in [-0.1, -0.05) is 18.6 Å². The molecule has 1 unspecified atom stereocenters. The van der Waals surface area contributed by atoms with Crippen LogP contribution in [0.5, 0.6) is 0 Å². The molecule has 1 aromatic carbocycles. The molecule has 1 aliphatic heterocycles. The SMILES string of the molecule is CCC(C)NCc1c2c(nc3ccc(C)cc13)CCN(C)C2. The summed E-state index contributed by atoms with van der Waals surface area (Å²) >= 11 is 0. The van der Waals surface area contributed by atoms with Gasteiger partial charge in [0, 0.05) is 43.2 Å². The van der Waals surface area contributed by atoms with Crippen LogP contribution in [-0.2, 0) is 19.5 Å². The Morgan fingerprint density at radius 2 is 2.18 bits per heavy atom. The van der Waals surface area contributed by atoms with Gasteiger partial charge in [-0.15, -0.1) is 0 Å². The first kappa shape index (κ1) is 15.4. The van der Waals surface area contributed by atoms with Gasteiger partial charge in [-0.25, -0.2) is 0 Å². The maximum atomic E-state index is 4.94. The number of fused-ring (bicyclic) bond motifs is 2. The lowest BCUT2D eigenvalue weighted by Gasteiger charge is -2.28. The molecule has 0 bridgehead atoms. The van der Waals surface area contributed by atoms with Crippen molar-refractivity contribution in [2.45, 2.75) is 52.7 Å². The average molecular weight is 297 g/mol. The summed E-state index contributed by atoms with van der Waals surface area (Å²) in [5, 5.41) is 5.00. The number of aryl methyl sites for hydroxylation is 1. The zero-order chi connectivity index (χ0) is 15.7. The van der Waals surface area contributed by atoms with Crippen LogP contribution in [0.25, 0.3) is 10.9 Å². The van der Waals surface area contributed by atoms with Crippen LogP contribution in [0.3, 0.4) is 0 Å². The first-order chi connectivity index (χ1) is 10.6. The summed E-state index contributed by atoms with van der Waals surface area (Å²) in [6.07, 6.45) is 2.22. The highest BCUT2D eigenvalue weighted by Crippen LogP contribution is 2.28. The highest BCUT2D eigenvalue weighted by molar-refractivity contribution is 5.84. The van der Waals surface area contributed by atoms with Crippen LogP contribution >= 0.6 is 0 Å². The van der Waals surface area contributed by atoms with Gasteiger partial charge in [0.15, 0.2) is 0 Å². The molecule has 1 aliphatic rings. The summed E-state index contributed by atoms with van der Waals surface area (Å²) in [5.74, 6) is 0. The van der Waals surface area contributed by atoms with E-state index in [1.54, 1.807) is 0 Å². The molecule has 118 valence electrons. The van der Waals surface area contributed by atoms with E-state index in [1.807, 2.05) is 0 Å². The van der Waals surface area contributed by atoms with E-state index in [0.29, 0.717) is 6.04 Å². The van der Waals surface area contributed by atoms with Crippen LogP contribution < -0.4 is 5.32 Å². The number of pyridine rings is 1. The van der Waals surface area contributed by atoms with Gasteiger partial charge in [0.2, 0.25) is 0 Å². The highest BCUT2D eigenvalue weighted by Gasteiger charge is 2.20. The number of hydrogen-bond acceptors (Lipinski definition) is 3. The minimum Gasteiger partial charge on any atom is -0.310 e. The molecule has 3 nitrogen and oxygen atoms in total. The van der Waals surface area contributed by atoms with Gasteiger partial charge in [-0.2, -0.15) is 0 Å². The van der Waals surface area contributed by atoms with Crippen molar-refractivity contribution in [2.75, 3.05) is 13.6 Å². The van der Waals surface area contributed by atoms with Gasteiger partial charge in [-0.05, 0) is 50.6 Å². The first-order valence-corrected chi connectivity index (χ1v) is 8.41. The van der Waals surface area contributed by atoms with E-state index < -0.39 is 0 Å². The lowest BCUT2D eigenvalue weighted by molar-refractivity contribution is 0.308. The van der Waals surface area contributed by atoms with Gasteiger partial charge in [0.1, 0.15) is 0 Å². The standard InChI is InChI=1S/C19H27N3/c1-5-14(3)20-11-16-15-10-13(2)6-7-18(15)21-19-8-9-22(4)12-17(16)19/h6-7,10,14,20H,5,8-9,11-12H2,1-4H3. The third-order valence-corrected chi connectivity index (χ3v) is 4.84. The van der Waals surface area contributed by atoms with Crippen molar-refractivity contribution in [3.05, 3.63) is 40.6 Å². The van der Waals surface area contributed by atoms with E-state index in [4.69, 9.17) is 4.98 Å². The lowest BCUT2D eigenvalue weighted by atomic mass is 9.95. The van der Waals surface area contributed by atoms with Gasteiger partial charge in [0.05, 0.1) is 5.52 Å². The summed E-state index contributed by atoms with van der Waals surface area (Å²) in [5.41, 5.74) is 6.66. The Kier molecular flexibility index (Phi) is 4.46. The molecule has 1 atom stereocenters. The molecule has 0 saturated carbocycles. The fraction of sp³-hybridized carbons (Fsp3) is 0.526. The van der Waals surface area contributed by atoms with Crippen LogP contribution in [0.2, 0.25) is 0 Å². The fourth-order valence-corrected chi connectivity index (χ4v) is 3.20. The van der Waals surface area contributed by atoms with E-state index in [2.05, 4.69) is 56.2 Å². The molecule has 3 rings (SSSR count). The molecule has 0 fully saturated rings. The minimum absolute atomic E-state index is 0.546. The molecule has 0 saturated heterocycles. The maximum absolute atomic E-state index is 4.94. The molecule has 2 aromatic rings. The summed E-state index contributed by atoms with van der Waals surface area (Å²) in [6.45, 7) is 9.72. The first-order valence-electron chi connectivity index (χ1n) is 8.41. The molecule has 1 aromatic heterocycles. The van der Waals surface area contributed by atoms with E-state index in [0.717, 1.165) is 38.0 Å². The van der Waals surface area contributed by atoms with Crippen LogP contribution in [-0.4, -0.2) is 29.5 Å². The lowest BCUT2D eigenvalue weighted by Crippen LogP contribution is -2.31. The Bertz CT molecular complexity index is 678. The zero-order valence-electron chi connectivity index (χ0n) is 14.2. The summed E-state index contributed by atoms with van der Waals surface area (Å²) in [7, 11) is 2.20. The molecule has 1 N–H and O–H groups in total. The van der Waals surface area contributed by atoms with Crippen molar-refractivity contribution >= 4 is 10.9 Å². The van der Waals surface area contributed by atoms with E-state index in [1.165, 1.54) is 27.8 Å². The third kappa shape index (κ3) is 3.01. The van der Waals surface area contributed by atoms with Crippen LogP contribution in [0, 0.1) is 6.92 Å². The number of nitrogens with zero attached hydrogens (tertiary/aromatic N) is 2. The van der Waals surface area contributed by atoms with Crippen LogP contribution in [0.1, 0.15) is 42.7 Å². The molecule has 0 aliphatic carbocycles. The van der Waals surface area contributed by atoms with Gasteiger partial charge in [-0.3, -0.25) is 4.98 Å². The molecule has 22 heavy (non-hydrogen) atoms. The van der Waals surface area contributed by atoms with E-state index >= 15 is 0 Å². The smallest absolute Gasteiger partial charge is 0.0708 e. The number of benzene rings is 1. The molecular formula is C19H27N3. The van der Waals surface area contributed by atoms with Crippen molar-refractivity contribution < 1.29 is 0 Å². The summed E-state index contributed by atoms with van der Waals surface area (Å²) in [6, 6.07) is 7.19. The van der Waals surface area contributed by atoms with Crippen molar-refractivity contribution in [3.8, 4) is 0 Å². The summed E-state index contributed by atoms with van der Waals surface area (Å²) in [4.78, 5) is 7.35. The second-order valence-electron chi connectivity index (χ2n) is 6.71. The van der Waals surface area contributed by atoms with Crippen LogP contribution in [0.15, 0.2) is 18.2 Å². The number of aromatic nitrogens is 1. The molecule has 0 amide bonds. The molecule has 0 radical (unpaired) electrons. The quantitative estimate of drug-likeness (QED) is 0.937. The Labute approximate surface area is 133 Å². The van der Waals surface area contributed by atoms with Crippen molar-refractivity contribution in [3.63, 3.8) is 0 Å². The van der Waals surface area contributed by atoms with Gasteiger partial charge >= 0.3 is 0 Å². The molecular weight excluding hydrogens is 270 g/mol. The number of rotatable bonds is 4. The van der Waals surface area contributed by atoms with Crippen molar-refractivity contribution in [1.29, 1.82) is 0 Å². The van der Waals surface area contributed by atoms with E-state index in [-0.39, 0.29) is 0 Å². The molecule has 0 spiro atoms. The summed E-state index contributed by atoms with van der Waals surface area (Å²) < 4.78 is 0. The Morgan fingerprint density at radius 1 is 1.36 bits per heavy atom. The largest absolute Gasteiger partial charge is 0.310 e. The fourth-order valence-electron chi connectivity index (χ4n) is 3.20. The van der Waals surface area contributed by atoms with Crippen molar-refractivity contribution in [2.24, 2.45) is 0 Å². The predicted molar refractivity (Wildman–Crippen MR) is 93.1 cm³/mol. The highest BCUT2D eigenvalue weighted by atomic mass is 15.1. The Balaban J connectivity index is 2.10. The van der Waals surface area contributed by atoms with Gasteiger partial charge < -0.3 is 10.2 Å². The monoisotopic (exact) mass is 297 g/mol. The Morgan fingerprint density at radius 3 is 2.95 bits per heavy atom. The second-order valence-corrected chi connectivity index (χ2v) is 6.71. The number of nitrogens with one attached hydrogen (secondary N) is 1. The Hall–Kier alpha value is -1.45. The van der Waals surface area contributed by atoms with Crippen LogP contribution in [0.4, 0.5) is 0 Å². The normalized spacial score (nSPS) is 16.7. The minimum atomic E-state index is 0.546.